The smallest absolute Gasteiger partial charge is 0.320 e. The topological polar surface area (TPSA) is 72.9 Å². The molecule has 29 heavy (non-hydrogen) atoms. The number of likely N-dealkylation sites (tertiary alicyclic amines) is 2. The summed E-state index contributed by atoms with van der Waals surface area (Å²) < 4.78 is 0. The summed E-state index contributed by atoms with van der Waals surface area (Å²) in [5, 5.41) is 12.5. The van der Waals surface area contributed by atoms with Crippen LogP contribution in [0.3, 0.4) is 0 Å². The zero-order valence-corrected chi connectivity index (χ0v) is 17.8. The molecule has 0 spiro atoms. The van der Waals surface area contributed by atoms with Gasteiger partial charge in [0.15, 0.2) is 0 Å². The first-order valence-corrected chi connectivity index (χ1v) is 11.0. The maximum atomic E-state index is 12.6. The highest BCUT2D eigenvalue weighted by Gasteiger charge is 2.31. The highest BCUT2D eigenvalue weighted by atomic mass is 16.4. The Kier molecular flexibility index (Phi) is 7.67. The lowest BCUT2D eigenvalue weighted by molar-refractivity contribution is -0.145. The van der Waals surface area contributed by atoms with E-state index < -0.39 is 5.97 Å². The number of piperidine rings is 2. The molecule has 6 heteroatoms. The number of benzene rings is 1. The minimum Gasteiger partial charge on any atom is -0.480 e. The number of likely N-dealkylation sites (N-methyl/N-ethyl adjacent to an activating group) is 2. The summed E-state index contributed by atoms with van der Waals surface area (Å²) in [4.78, 5) is 28.2. The number of nitrogens with one attached hydrogen (secondary N) is 1. The van der Waals surface area contributed by atoms with Crippen LogP contribution in [-0.2, 0) is 16.0 Å². The Balaban J connectivity index is 1.49. The maximum absolute atomic E-state index is 12.6. The number of carbonyl (C=O) groups excluding carboxylic acids is 1. The molecule has 1 aromatic carbocycles. The van der Waals surface area contributed by atoms with Crippen molar-refractivity contribution in [3.8, 4) is 0 Å². The van der Waals surface area contributed by atoms with E-state index in [1.54, 1.807) is 0 Å². The van der Waals surface area contributed by atoms with Gasteiger partial charge in [0.05, 0.1) is 6.04 Å². The number of carbonyl (C=O) groups is 2. The van der Waals surface area contributed by atoms with Crippen LogP contribution in [0.25, 0.3) is 0 Å². The van der Waals surface area contributed by atoms with Crippen molar-refractivity contribution in [2.75, 3.05) is 26.0 Å². The van der Waals surface area contributed by atoms with E-state index in [4.69, 9.17) is 0 Å². The molecule has 1 unspecified atom stereocenters. The number of amides is 1. The summed E-state index contributed by atoms with van der Waals surface area (Å²) in [6.45, 7) is 0.983. The number of aryl methyl sites for hydroxylation is 1. The monoisotopic (exact) mass is 401 g/mol. The third kappa shape index (κ3) is 5.80. The van der Waals surface area contributed by atoms with Crippen LogP contribution in [0.5, 0.6) is 0 Å². The molecule has 0 radical (unpaired) electrons. The van der Waals surface area contributed by atoms with Gasteiger partial charge in [0.2, 0.25) is 5.91 Å². The summed E-state index contributed by atoms with van der Waals surface area (Å²) in [5.41, 5.74) is 2.08. The average molecular weight is 402 g/mol. The Labute approximate surface area is 174 Å². The van der Waals surface area contributed by atoms with Crippen LogP contribution >= 0.6 is 0 Å². The van der Waals surface area contributed by atoms with Gasteiger partial charge in [0.25, 0.3) is 0 Å². The second-order valence-electron chi connectivity index (χ2n) is 8.68. The lowest BCUT2D eigenvalue weighted by Gasteiger charge is -2.37. The van der Waals surface area contributed by atoms with E-state index in [0.717, 1.165) is 63.6 Å². The van der Waals surface area contributed by atoms with Gasteiger partial charge in [-0.1, -0.05) is 18.6 Å². The molecule has 160 valence electrons. The number of nitrogens with zero attached hydrogens (tertiary/aromatic N) is 2. The molecule has 2 N–H and O–H groups in total. The molecule has 0 bridgehead atoms. The molecule has 2 aliphatic rings. The van der Waals surface area contributed by atoms with Gasteiger partial charge in [0.1, 0.15) is 6.04 Å². The summed E-state index contributed by atoms with van der Waals surface area (Å²) in [7, 11) is 3.97. The molecule has 2 heterocycles. The third-order valence-corrected chi connectivity index (χ3v) is 6.64. The molecule has 3 rings (SSSR count). The van der Waals surface area contributed by atoms with E-state index in [9.17, 15) is 14.7 Å². The number of carboxylic acids is 1. The highest BCUT2D eigenvalue weighted by molar-refractivity contribution is 5.94. The predicted molar refractivity (Wildman–Crippen MR) is 115 cm³/mol. The Hall–Kier alpha value is -1.92. The fourth-order valence-corrected chi connectivity index (χ4v) is 4.83. The van der Waals surface area contributed by atoms with Crippen molar-refractivity contribution in [3.63, 3.8) is 0 Å². The lowest BCUT2D eigenvalue weighted by atomic mass is 9.92. The Morgan fingerprint density at radius 3 is 2.66 bits per heavy atom. The second-order valence-corrected chi connectivity index (χ2v) is 8.68. The Morgan fingerprint density at radius 1 is 1.10 bits per heavy atom. The van der Waals surface area contributed by atoms with Crippen LogP contribution in [0.4, 0.5) is 5.69 Å². The first kappa shape index (κ1) is 21.8. The van der Waals surface area contributed by atoms with Crippen molar-refractivity contribution in [2.24, 2.45) is 0 Å². The van der Waals surface area contributed by atoms with Crippen LogP contribution in [0.2, 0.25) is 0 Å². The third-order valence-electron chi connectivity index (χ3n) is 6.64. The lowest BCUT2D eigenvalue weighted by Crippen LogP contribution is -2.47. The quantitative estimate of drug-likeness (QED) is 0.733. The molecule has 1 aromatic rings. The molecular weight excluding hydrogens is 366 g/mol. The summed E-state index contributed by atoms with van der Waals surface area (Å²) in [5.74, 6) is -0.614. The SMILES string of the molecule is CN1CCCC[C@@H]1C(=O)Nc1cccc(CCCC2CCC[C@H](C(=O)O)N2C)c1. The van der Waals surface area contributed by atoms with Crippen molar-refractivity contribution in [1.29, 1.82) is 0 Å². The fourth-order valence-electron chi connectivity index (χ4n) is 4.83. The molecule has 2 fully saturated rings. The van der Waals surface area contributed by atoms with Gasteiger partial charge in [-0.05, 0) is 89.7 Å². The van der Waals surface area contributed by atoms with Gasteiger partial charge < -0.3 is 10.4 Å². The van der Waals surface area contributed by atoms with Gasteiger partial charge in [-0.2, -0.15) is 0 Å². The van der Waals surface area contributed by atoms with Gasteiger partial charge in [0, 0.05) is 11.7 Å². The van der Waals surface area contributed by atoms with Gasteiger partial charge in [-0.25, -0.2) is 0 Å². The van der Waals surface area contributed by atoms with Crippen molar-refractivity contribution >= 4 is 17.6 Å². The number of hydrogen-bond acceptors (Lipinski definition) is 4. The normalized spacial score (nSPS) is 26.2. The van der Waals surface area contributed by atoms with Crippen LogP contribution in [0.15, 0.2) is 24.3 Å². The fraction of sp³-hybridized carbons (Fsp3) is 0.652. The van der Waals surface area contributed by atoms with E-state index >= 15 is 0 Å². The zero-order valence-electron chi connectivity index (χ0n) is 17.8. The highest BCUT2D eigenvalue weighted by Crippen LogP contribution is 2.25. The summed E-state index contributed by atoms with van der Waals surface area (Å²) in [6, 6.07) is 8.11. The average Bonchev–Trinajstić information content (AvgIpc) is 2.69. The van der Waals surface area contributed by atoms with E-state index in [2.05, 4.69) is 22.3 Å². The van der Waals surface area contributed by atoms with Gasteiger partial charge in [-0.15, -0.1) is 0 Å². The minimum absolute atomic E-state index is 0.0311. The molecule has 0 aliphatic carbocycles. The van der Waals surface area contributed by atoms with Crippen LogP contribution in [-0.4, -0.2) is 65.5 Å². The molecule has 2 saturated heterocycles. The van der Waals surface area contributed by atoms with Crippen molar-refractivity contribution in [2.45, 2.75) is 75.9 Å². The molecule has 2 aliphatic heterocycles. The van der Waals surface area contributed by atoms with Crippen molar-refractivity contribution in [3.05, 3.63) is 29.8 Å². The van der Waals surface area contributed by atoms with Gasteiger partial charge in [-0.3, -0.25) is 19.4 Å². The Bertz CT molecular complexity index is 708. The summed E-state index contributed by atoms with van der Waals surface area (Å²) in [6.07, 6.45) is 8.98. The largest absolute Gasteiger partial charge is 0.480 e. The zero-order chi connectivity index (χ0) is 20.8. The minimum atomic E-state index is -0.704. The number of aliphatic carboxylic acids is 1. The van der Waals surface area contributed by atoms with Crippen molar-refractivity contribution < 1.29 is 14.7 Å². The molecule has 0 saturated carbocycles. The molecule has 3 atom stereocenters. The number of hydrogen-bond donors (Lipinski definition) is 2. The molecular formula is C23H35N3O3. The number of rotatable bonds is 7. The van der Waals surface area contributed by atoms with Crippen LogP contribution < -0.4 is 5.32 Å². The van der Waals surface area contributed by atoms with Gasteiger partial charge >= 0.3 is 5.97 Å². The van der Waals surface area contributed by atoms with Crippen LogP contribution in [0.1, 0.15) is 56.9 Å². The van der Waals surface area contributed by atoms with Crippen molar-refractivity contribution in [1.82, 2.24) is 9.80 Å². The molecule has 0 aromatic heterocycles. The number of carboxylic acid groups (broad SMARTS) is 1. The second kappa shape index (κ2) is 10.2. The van der Waals surface area contributed by atoms with E-state index in [-0.39, 0.29) is 18.0 Å². The van der Waals surface area contributed by atoms with Crippen LogP contribution in [0, 0.1) is 0 Å². The molecule has 1 amide bonds. The first-order valence-electron chi connectivity index (χ1n) is 11.0. The Morgan fingerprint density at radius 2 is 1.90 bits per heavy atom. The molecule has 6 nitrogen and oxygen atoms in total. The summed E-state index contributed by atoms with van der Waals surface area (Å²) >= 11 is 0. The maximum Gasteiger partial charge on any atom is 0.320 e. The predicted octanol–water partition coefficient (Wildman–Crippen LogP) is 3.37. The number of anilines is 1. The first-order chi connectivity index (χ1) is 14.0. The van der Waals surface area contributed by atoms with E-state index in [1.165, 1.54) is 12.0 Å². The standard InChI is InChI=1S/C23H35N3O3/c1-25-15-4-3-13-20(25)22(27)24-18-10-5-8-17(16-18)9-6-11-19-12-7-14-21(23(28)29)26(19)2/h5,8,10,16,19-21H,3-4,6-7,9,11-15H2,1-2H3,(H,24,27)(H,28,29)/t19?,20-,21-/m1/s1. The van der Waals surface area contributed by atoms with E-state index in [0.29, 0.717) is 6.04 Å². The van der Waals surface area contributed by atoms with E-state index in [1.807, 2.05) is 31.1 Å².